The summed E-state index contributed by atoms with van der Waals surface area (Å²) in [5, 5.41) is 15.0. The van der Waals surface area contributed by atoms with E-state index in [1.54, 1.807) is 0 Å². The van der Waals surface area contributed by atoms with Crippen molar-refractivity contribution in [3.63, 3.8) is 0 Å². The monoisotopic (exact) mass is 620 g/mol. The van der Waals surface area contributed by atoms with Gasteiger partial charge >= 0.3 is 0 Å². The molecule has 0 atom stereocenters. The molecule has 0 aliphatic carbocycles. The van der Waals surface area contributed by atoms with Crippen LogP contribution in [-0.4, -0.2) is 0 Å². The summed E-state index contributed by atoms with van der Waals surface area (Å²) in [5.41, 5.74) is 9.33. The minimum absolute atomic E-state index is 0.944. The third-order valence-electron chi connectivity index (χ3n) is 10.6. The molecule has 0 fully saturated rings. The van der Waals surface area contributed by atoms with Gasteiger partial charge in [0, 0.05) is 10.8 Å². The highest BCUT2D eigenvalue weighted by atomic mass is 16.3. The SMILES string of the molecule is c1ccc2c(c1)ccc1cc(-c3c4ccccc4c(-c4ccc(-c5ccc6oc7cccc8ccc5c6c87)cc4)c4ccccc34)ccc12. The van der Waals surface area contributed by atoms with Gasteiger partial charge < -0.3 is 4.42 Å². The van der Waals surface area contributed by atoms with E-state index in [1.807, 2.05) is 0 Å². The molecule has 49 heavy (non-hydrogen) atoms. The number of furan rings is 1. The molecule has 1 aromatic heterocycles. The molecule has 0 bridgehead atoms. The molecule has 1 heteroatoms. The molecule has 0 saturated heterocycles. The fourth-order valence-electron chi connectivity index (χ4n) is 8.43. The van der Waals surface area contributed by atoms with E-state index in [-0.39, 0.29) is 0 Å². The lowest BCUT2D eigenvalue weighted by atomic mass is 9.85. The summed E-state index contributed by atoms with van der Waals surface area (Å²) in [6, 6.07) is 62.2. The van der Waals surface area contributed by atoms with E-state index in [0.29, 0.717) is 0 Å². The van der Waals surface area contributed by atoms with Crippen molar-refractivity contribution in [3.05, 3.63) is 170 Å². The van der Waals surface area contributed by atoms with E-state index in [9.17, 15) is 0 Å². The van der Waals surface area contributed by atoms with Crippen LogP contribution in [0.1, 0.15) is 0 Å². The zero-order valence-electron chi connectivity index (χ0n) is 26.6. The molecular weight excluding hydrogens is 593 g/mol. The quantitative estimate of drug-likeness (QED) is 0.141. The van der Waals surface area contributed by atoms with Crippen LogP contribution in [0.4, 0.5) is 0 Å². The summed E-state index contributed by atoms with van der Waals surface area (Å²) in [7, 11) is 0. The Balaban J connectivity index is 1.10. The molecule has 0 aliphatic rings. The Kier molecular flexibility index (Phi) is 5.45. The maximum Gasteiger partial charge on any atom is 0.136 e. The van der Waals surface area contributed by atoms with Crippen molar-refractivity contribution >= 4 is 75.8 Å². The number of rotatable bonds is 3. The number of hydrogen-bond acceptors (Lipinski definition) is 1. The fraction of sp³-hybridized carbons (Fsp3) is 0. The normalized spacial score (nSPS) is 12.1. The van der Waals surface area contributed by atoms with E-state index >= 15 is 0 Å². The van der Waals surface area contributed by atoms with Gasteiger partial charge in [0.05, 0.1) is 0 Å². The Morgan fingerprint density at radius 2 is 0.816 bits per heavy atom. The molecule has 0 amide bonds. The first-order valence-electron chi connectivity index (χ1n) is 16.9. The lowest BCUT2D eigenvalue weighted by molar-refractivity contribution is 0.669. The third-order valence-corrected chi connectivity index (χ3v) is 10.6. The van der Waals surface area contributed by atoms with Gasteiger partial charge in [0.25, 0.3) is 0 Å². The average Bonchev–Trinajstić information content (AvgIpc) is 3.56. The molecule has 0 N–H and O–H groups in total. The molecule has 0 spiro atoms. The van der Waals surface area contributed by atoms with E-state index in [4.69, 9.17) is 4.42 Å². The lowest BCUT2D eigenvalue weighted by Gasteiger charge is -2.18. The van der Waals surface area contributed by atoms with Crippen LogP contribution in [-0.2, 0) is 0 Å². The van der Waals surface area contributed by atoms with Crippen molar-refractivity contribution in [1.29, 1.82) is 0 Å². The summed E-state index contributed by atoms with van der Waals surface area (Å²) in [4.78, 5) is 0. The van der Waals surface area contributed by atoms with Crippen molar-refractivity contribution in [2.24, 2.45) is 0 Å². The van der Waals surface area contributed by atoms with Crippen LogP contribution >= 0.6 is 0 Å². The van der Waals surface area contributed by atoms with Gasteiger partial charge in [-0.3, -0.25) is 0 Å². The van der Waals surface area contributed by atoms with Crippen molar-refractivity contribution in [2.45, 2.75) is 0 Å². The summed E-state index contributed by atoms with van der Waals surface area (Å²) in [6.45, 7) is 0. The van der Waals surface area contributed by atoms with Gasteiger partial charge in [0.15, 0.2) is 0 Å². The molecule has 0 saturated carbocycles. The minimum Gasteiger partial charge on any atom is -0.456 e. The zero-order chi connectivity index (χ0) is 32.1. The Hall–Kier alpha value is -6.44. The summed E-state index contributed by atoms with van der Waals surface area (Å²) in [5.74, 6) is 0. The maximum atomic E-state index is 6.24. The van der Waals surface area contributed by atoms with Crippen LogP contribution in [0.3, 0.4) is 0 Å². The van der Waals surface area contributed by atoms with Crippen LogP contribution in [0.2, 0.25) is 0 Å². The second-order valence-corrected chi connectivity index (χ2v) is 13.2. The first-order chi connectivity index (χ1) is 24.3. The standard InChI is InChI=1S/C48H28O/c1-2-10-35-29(8-1)18-21-33-28-34(23-24-37(33)35)46-40-13-5-3-11-38(40)45(39-12-4-6-14-41(39)46)32-19-16-30(17-20-32)36-26-27-44-48-42(36)25-22-31-9-7-15-43(49-44)47(31)48/h1-28H. The molecular formula is C48H28O. The first-order valence-corrected chi connectivity index (χ1v) is 16.9. The molecule has 10 aromatic carbocycles. The number of hydrogen-bond donors (Lipinski definition) is 0. The molecule has 11 aromatic rings. The van der Waals surface area contributed by atoms with Crippen LogP contribution in [0, 0.1) is 0 Å². The predicted octanol–water partition coefficient (Wildman–Crippen LogP) is 13.8. The maximum absolute atomic E-state index is 6.24. The van der Waals surface area contributed by atoms with Gasteiger partial charge in [0.1, 0.15) is 11.2 Å². The van der Waals surface area contributed by atoms with E-state index in [1.165, 1.54) is 98.0 Å². The van der Waals surface area contributed by atoms with E-state index < -0.39 is 0 Å². The summed E-state index contributed by atoms with van der Waals surface area (Å²) in [6.07, 6.45) is 0. The van der Waals surface area contributed by atoms with E-state index in [0.717, 1.165) is 11.2 Å². The Morgan fingerprint density at radius 3 is 1.57 bits per heavy atom. The van der Waals surface area contributed by atoms with Gasteiger partial charge in [-0.05, 0) is 105 Å². The third kappa shape index (κ3) is 3.82. The zero-order valence-corrected chi connectivity index (χ0v) is 26.6. The Labute approximate surface area is 282 Å². The smallest absolute Gasteiger partial charge is 0.136 e. The molecule has 11 rings (SSSR count). The first kappa shape index (κ1) is 26.6. The largest absolute Gasteiger partial charge is 0.456 e. The van der Waals surface area contributed by atoms with Crippen LogP contribution in [0.25, 0.3) is 109 Å². The van der Waals surface area contributed by atoms with Crippen LogP contribution in [0.5, 0.6) is 0 Å². The van der Waals surface area contributed by atoms with E-state index in [2.05, 4.69) is 170 Å². The highest BCUT2D eigenvalue weighted by molar-refractivity contribution is 6.25. The fourth-order valence-corrected chi connectivity index (χ4v) is 8.43. The minimum atomic E-state index is 0.944. The second-order valence-electron chi connectivity index (χ2n) is 13.2. The molecule has 0 aliphatic heterocycles. The summed E-state index contributed by atoms with van der Waals surface area (Å²) >= 11 is 0. The highest BCUT2D eigenvalue weighted by Gasteiger charge is 2.19. The molecule has 1 nitrogen and oxygen atoms in total. The predicted molar refractivity (Wildman–Crippen MR) is 209 cm³/mol. The average molecular weight is 621 g/mol. The van der Waals surface area contributed by atoms with Crippen molar-refractivity contribution in [2.75, 3.05) is 0 Å². The van der Waals surface area contributed by atoms with Crippen molar-refractivity contribution in [3.8, 4) is 33.4 Å². The molecule has 0 unspecified atom stereocenters. The van der Waals surface area contributed by atoms with Gasteiger partial charge in [0.2, 0.25) is 0 Å². The molecule has 226 valence electrons. The van der Waals surface area contributed by atoms with Crippen molar-refractivity contribution in [1.82, 2.24) is 0 Å². The Morgan fingerprint density at radius 1 is 0.286 bits per heavy atom. The number of benzene rings is 10. The molecule has 0 radical (unpaired) electrons. The van der Waals surface area contributed by atoms with Gasteiger partial charge in [-0.15, -0.1) is 0 Å². The van der Waals surface area contributed by atoms with Crippen LogP contribution < -0.4 is 0 Å². The van der Waals surface area contributed by atoms with Crippen LogP contribution in [0.15, 0.2) is 174 Å². The van der Waals surface area contributed by atoms with Gasteiger partial charge in [-0.2, -0.15) is 0 Å². The second kappa shape index (κ2) is 10.0. The molecule has 1 heterocycles. The lowest BCUT2D eigenvalue weighted by Crippen LogP contribution is -1.91. The van der Waals surface area contributed by atoms with Crippen molar-refractivity contribution < 1.29 is 4.42 Å². The summed E-state index contributed by atoms with van der Waals surface area (Å²) < 4.78 is 6.24. The number of fused-ring (bicyclic) bond motifs is 5. The topological polar surface area (TPSA) is 13.1 Å². The Bertz CT molecular complexity index is 3030. The van der Waals surface area contributed by atoms with Gasteiger partial charge in [-0.1, -0.05) is 152 Å². The van der Waals surface area contributed by atoms with Gasteiger partial charge in [-0.25, -0.2) is 0 Å². The highest BCUT2D eigenvalue weighted by Crippen LogP contribution is 2.46.